The summed E-state index contributed by atoms with van der Waals surface area (Å²) in [6.45, 7) is 1.20. The minimum absolute atomic E-state index is 0.101. The normalized spacial score (nSPS) is 15.1. The van der Waals surface area contributed by atoms with Gasteiger partial charge in [-0.1, -0.05) is 60.7 Å². The first-order valence-corrected chi connectivity index (χ1v) is 11.8. The Balaban J connectivity index is 1.38. The van der Waals surface area contributed by atoms with Gasteiger partial charge in [-0.25, -0.2) is 0 Å². The highest BCUT2D eigenvalue weighted by molar-refractivity contribution is 6.01. The van der Waals surface area contributed by atoms with E-state index in [2.05, 4.69) is 5.32 Å². The van der Waals surface area contributed by atoms with Gasteiger partial charge in [-0.2, -0.15) is 0 Å². The van der Waals surface area contributed by atoms with Crippen LogP contribution in [0.3, 0.4) is 0 Å². The molecule has 4 rings (SSSR count). The molecule has 3 aromatic carbocycles. The molecule has 0 spiro atoms. The topological polar surface area (TPSA) is 94.2 Å². The number of benzene rings is 3. The number of para-hydroxylation sites is 2. The Bertz CT molecular complexity index is 1170. The number of hydrogen-bond acceptors (Lipinski definition) is 6. The van der Waals surface area contributed by atoms with Crippen LogP contribution in [0.4, 0.5) is 0 Å². The number of hydrogen-bond donors (Lipinski definition) is 1. The monoisotopic (exact) mass is 488 g/mol. The molecule has 0 bridgehead atoms. The van der Waals surface area contributed by atoms with Gasteiger partial charge >= 0.3 is 5.97 Å². The van der Waals surface area contributed by atoms with Crippen molar-refractivity contribution < 1.29 is 28.6 Å². The summed E-state index contributed by atoms with van der Waals surface area (Å²) in [5, 5.41) is 2.73. The molecule has 0 saturated carbocycles. The van der Waals surface area contributed by atoms with Crippen LogP contribution in [0.15, 0.2) is 84.9 Å². The predicted molar refractivity (Wildman–Crippen MR) is 133 cm³/mol. The van der Waals surface area contributed by atoms with Gasteiger partial charge in [-0.3, -0.25) is 14.4 Å². The number of amides is 2. The van der Waals surface area contributed by atoms with Crippen LogP contribution in [0, 0.1) is 0 Å². The maximum Gasteiger partial charge on any atom is 0.308 e. The number of nitrogens with one attached hydrogen (secondary N) is 1. The van der Waals surface area contributed by atoms with E-state index in [0.717, 1.165) is 11.3 Å². The van der Waals surface area contributed by atoms with E-state index in [1.165, 1.54) is 4.90 Å². The van der Waals surface area contributed by atoms with E-state index in [4.69, 9.17) is 14.2 Å². The van der Waals surface area contributed by atoms with Crippen LogP contribution in [0.2, 0.25) is 0 Å². The molecule has 36 heavy (non-hydrogen) atoms. The predicted octanol–water partition coefficient (Wildman–Crippen LogP) is 3.22. The van der Waals surface area contributed by atoms with E-state index in [-0.39, 0.29) is 38.0 Å². The van der Waals surface area contributed by atoms with E-state index < -0.39 is 12.0 Å². The smallest absolute Gasteiger partial charge is 0.308 e. The van der Waals surface area contributed by atoms with Crippen LogP contribution in [0.5, 0.6) is 11.5 Å². The third-order valence-corrected chi connectivity index (χ3v) is 5.66. The molecule has 186 valence electrons. The highest BCUT2D eigenvalue weighted by Gasteiger charge is 2.36. The SMILES string of the molecule is O=C(CC1C(=O)NCCN1C(=O)c1ccccc1OCCOc1ccccc1)OCc1ccccc1. The Morgan fingerprint density at radius 3 is 2.31 bits per heavy atom. The first-order chi connectivity index (χ1) is 17.6. The highest BCUT2D eigenvalue weighted by Crippen LogP contribution is 2.23. The van der Waals surface area contributed by atoms with Gasteiger partial charge in [-0.15, -0.1) is 0 Å². The Hall–Kier alpha value is -4.33. The maximum atomic E-state index is 13.5. The largest absolute Gasteiger partial charge is 0.490 e. The number of nitrogens with zero attached hydrogens (tertiary/aromatic N) is 1. The molecule has 1 saturated heterocycles. The Kier molecular flexibility index (Phi) is 8.53. The van der Waals surface area contributed by atoms with Crippen molar-refractivity contribution in [3.8, 4) is 11.5 Å². The third kappa shape index (κ3) is 6.63. The lowest BCUT2D eigenvalue weighted by molar-refractivity contribution is -0.148. The van der Waals surface area contributed by atoms with Crippen LogP contribution >= 0.6 is 0 Å². The fraction of sp³-hybridized carbons (Fsp3) is 0.250. The second kappa shape index (κ2) is 12.4. The lowest BCUT2D eigenvalue weighted by atomic mass is 10.1. The summed E-state index contributed by atoms with van der Waals surface area (Å²) in [4.78, 5) is 40.0. The molecule has 1 aliphatic heterocycles. The van der Waals surface area contributed by atoms with Crippen molar-refractivity contribution in [1.29, 1.82) is 0 Å². The van der Waals surface area contributed by atoms with Crippen LogP contribution in [-0.4, -0.2) is 55.0 Å². The average molecular weight is 489 g/mol. The molecule has 8 heteroatoms. The molecule has 1 aliphatic rings. The van der Waals surface area contributed by atoms with Crippen molar-refractivity contribution >= 4 is 17.8 Å². The number of carbonyl (C=O) groups is 3. The lowest BCUT2D eigenvalue weighted by Gasteiger charge is -2.34. The van der Waals surface area contributed by atoms with Crippen molar-refractivity contribution in [2.45, 2.75) is 19.1 Å². The Morgan fingerprint density at radius 2 is 1.53 bits per heavy atom. The van der Waals surface area contributed by atoms with Crippen molar-refractivity contribution in [1.82, 2.24) is 10.2 Å². The maximum absolute atomic E-state index is 13.5. The number of carbonyl (C=O) groups excluding carboxylic acids is 3. The standard InChI is InChI=1S/C28H28N2O6/c31-26(36-20-21-9-3-1-4-10-21)19-24-27(32)29-15-16-30(24)28(33)23-13-7-8-14-25(23)35-18-17-34-22-11-5-2-6-12-22/h1-14,24H,15-20H2,(H,29,32). The molecular weight excluding hydrogens is 460 g/mol. The third-order valence-electron chi connectivity index (χ3n) is 5.66. The fourth-order valence-corrected chi connectivity index (χ4v) is 3.87. The molecule has 0 radical (unpaired) electrons. The van der Waals surface area contributed by atoms with Gasteiger partial charge < -0.3 is 24.4 Å². The number of ether oxygens (including phenoxy) is 3. The molecule has 0 aliphatic carbocycles. The van der Waals surface area contributed by atoms with E-state index in [9.17, 15) is 14.4 Å². The summed E-state index contributed by atoms with van der Waals surface area (Å²) in [6, 6.07) is 24.5. The zero-order valence-corrected chi connectivity index (χ0v) is 19.8. The second-order valence-corrected chi connectivity index (χ2v) is 8.16. The van der Waals surface area contributed by atoms with Gasteiger partial charge in [0.25, 0.3) is 5.91 Å². The van der Waals surface area contributed by atoms with Crippen molar-refractivity contribution in [3.63, 3.8) is 0 Å². The first-order valence-electron chi connectivity index (χ1n) is 11.8. The van der Waals surface area contributed by atoms with Gasteiger partial charge in [0.05, 0.1) is 12.0 Å². The second-order valence-electron chi connectivity index (χ2n) is 8.16. The fourth-order valence-electron chi connectivity index (χ4n) is 3.87. The summed E-state index contributed by atoms with van der Waals surface area (Å²) < 4.78 is 16.8. The quantitative estimate of drug-likeness (QED) is 0.348. The molecule has 1 atom stereocenters. The van der Waals surface area contributed by atoms with Crippen molar-refractivity contribution in [2.24, 2.45) is 0 Å². The van der Waals surface area contributed by atoms with Gasteiger partial charge in [0, 0.05) is 13.1 Å². The number of esters is 1. The Labute approximate surface area is 209 Å². The molecule has 1 heterocycles. The molecule has 0 aromatic heterocycles. The molecule has 1 N–H and O–H groups in total. The zero-order chi connectivity index (χ0) is 25.2. The summed E-state index contributed by atoms with van der Waals surface area (Å²) in [7, 11) is 0. The van der Waals surface area contributed by atoms with E-state index in [1.54, 1.807) is 24.3 Å². The van der Waals surface area contributed by atoms with Crippen molar-refractivity contribution in [3.05, 3.63) is 96.1 Å². The molecule has 3 aromatic rings. The van der Waals surface area contributed by atoms with Gasteiger partial charge in [-0.05, 0) is 29.8 Å². The molecule has 2 amide bonds. The molecular formula is C28H28N2O6. The number of rotatable bonds is 10. The van der Waals surface area contributed by atoms with Crippen LogP contribution in [0.1, 0.15) is 22.3 Å². The van der Waals surface area contributed by atoms with Crippen LogP contribution in [-0.2, 0) is 20.9 Å². The lowest BCUT2D eigenvalue weighted by Crippen LogP contribution is -2.57. The van der Waals surface area contributed by atoms with Crippen molar-refractivity contribution in [2.75, 3.05) is 26.3 Å². The Morgan fingerprint density at radius 1 is 0.861 bits per heavy atom. The summed E-state index contributed by atoms with van der Waals surface area (Å²) in [6.07, 6.45) is -0.238. The zero-order valence-electron chi connectivity index (χ0n) is 19.8. The highest BCUT2D eigenvalue weighted by atomic mass is 16.5. The van der Waals surface area contributed by atoms with Gasteiger partial charge in [0.2, 0.25) is 5.91 Å². The minimum Gasteiger partial charge on any atom is -0.490 e. The van der Waals surface area contributed by atoms with Gasteiger partial charge in [0.15, 0.2) is 0 Å². The molecule has 1 fully saturated rings. The molecule has 8 nitrogen and oxygen atoms in total. The first kappa shape index (κ1) is 24.8. The summed E-state index contributed by atoms with van der Waals surface area (Å²) >= 11 is 0. The number of piperazine rings is 1. The van der Waals surface area contributed by atoms with E-state index in [1.807, 2.05) is 60.7 Å². The average Bonchev–Trinajstić information content (AvgIpc) is 2.92. The van der Waals surface area contributed by atoms with E-state index in [0.29, 0.717) is 24.5 Å². The summed E-state index contributed by atoms with van der Waals surface area (Å²) in [5.74, 6) is -0.213. The minimum atomic E-state index is -0.969. The van der Waals surface area contributed by atoms with Crippen LogP contribution in [0.25, 0.3) is 0 Å². The van der Waals surface area contributed by atoms with E-state index >= 15 is 0 Å². The summed E-state index contributed by atoms with van der Waals surface area (Å²) in [5.41, 5.74) is 1.16. The molecule has 1 unspecified atom stereocenters. The van der Waals surface area contributed by atoms with Gasteiger partial charge in [0.1, 0.15) is 37.4 Å². The van der Waals surface area contributed by atoms with Crippen LogP contribution < -0.4 is 14.8 Å².